The zero-order valence-corrected chi connectivity index (χ0v) is 8.32. The standard InChI is InChI=1S/C6H6O3S.2ClH/c7-10(8,9)6-4-2-1-3-5-6;;/h1-5H,(H,7,8,9);2*1H. The Morgan fingerprint density at radius 1 is 1.00 bits per heavy atom. The molecule has 0 amide bonds. The molecule has 1 aromatic carbocycles. The van der Waals surface area contributed by atoms with Crippen molar-refractivity contribution >= 4 is 34.9 Å². The summed E-state index contributed by atoms with van der Waals surface area (Å²) in [5, 5.41) is 0. The first-order valence-electron chi connectivity index (χ1n) is 2.63. The maximum atomic E-state index is 10.4. The van der Waals surface area contributed by atoms with Crippen LogP contribution in [0.15, 0.2) is 35.2 Å². The molecular formula is C6H8Cl2O3S. The van der Waals surface area contributed by atoms with E-state index in [1.807, 2.05) is 0 Å². The summed E-state index contributed by atoms with van der Waals surface area (Å²) in [4.78, 5) is -0.0741. The van der Waals surface area contributed by atoms with Crippen LogP contribution in [0.3, 0.4) is 0 Å². The van der Waals surface area contributed by atoms with Gasteiger partial charge in [0.2, 0.25) is 0 Å². The average Bonchev–Trinajstić information content (AvgIpc) is 1.88. The van der Waals surface area contributed by atoms with Crippen molar-refractivity contribution in [3.63, 3.8) is 0 Å². The molecule has 0 heterocycles. The fourth-order valence-corrected chi connectivity index (χ4v) is 1.09. The lowest BCUT2D eigenvalue weighted by Crippen LogP contribution is -1.96. The molecule has 0 saturated heterocycles. The minimum absolute atomic E-state index is 0. The third kappa shape index (κ3) is 3.92. The first-order chi connectivity index (χ1) is 4.61. The summed E-state index contributed by atoms with van der Waals surface area (Å²) in [7, 11) is -4.00. The van der Waals surface area contributed by atoms with Gasteiger partial charge < -0.3 is 0 Å². The van der Waals surface area contributed by atoms with E-state index in [9.17, 15) is 8.42 Å². The number of benzene rings is 1. The Bertz CT molecular complexity index is 309. The lowest BCUT2D eigenvalue weighted by molar-refractivity contribution is 0.483. The van der Waals surface area contributed by atoms with E-state index in [4.69, 9.17) is 4.55 Å². The highest BCUT2D eigenvalue weighted by molar-refractivity contribution is 7.85. The van der Waals surface area contributed by atoms with Gasteiger partial charge in [-0.15, -0.1) is 24.8 Å². The maximum Gasteiger partial charge on any atom is 0.294 e. The number of rotatable bonds is 1. The highest BCUT2D eigenvalue weighted by atomic mass is 35.5. The molecule has 0 aliphatic heterocycles. The van der Waals surface area contributed by atoms with Crippen molar-refractivity contribution in [1.29, 1.82) is 0 Å². The number of hydrogen-bond donors (Lipinski definition) is 1. The van der Waals surface area contributed by atoms with Gasteiger partial charge in [-0.05, 0) is 12.1 Å². The molecule has 0 aliphatic rings. The van der Waals surface area contributed by atoms with Crippen molar-refractivity contribution in [3.05, 3.63) is 30.3 Å². The maximum absolute atomic E-state index is 10.4. The Kier molecular flexibility index (Phi) is 6.38. The summed E-state index contributed by atoms with van der Waals surface area (Å²) < 4.78 is 29.2. The van der Waals surface area contributed by atoms with Gasteiger partial charge in [0.1, 0.15) is 0 Å². The van der Waals surface area contributed by atoms with E-state index in [1.54, 1.807) is 18.2 Å². The summed E-state index contributed by atoms with van der Waals surface area (Å²) in [6.45, 7) is 0. The summed E-state index contributed by atoms with van der Waals surface area (Å²) in [6.07, 6.45) is 0. The van der Waals surface area contributed by atoms with Gasteiger partial charge in [-0.1, -0.05) is 18.2 Å². The predicted molar refractivity (Wildman–Crippen MR) is 50.8 cm³/mol. The minimum Gasteiger partial charge on any atom is -0.282 e. The molecule has 0 aliphatic carbocycles. The highest BCUT2D eigenvalue weighted by Gasteiger charge is 2.05. The molecule has 0 fully saturated rings. The van der Waals surface area contributed by atoms with E-state index < -0.39 is 10.1 Å². The van der Waals surface area contributed by atoms with Crippen LogP contribution < -0.4 is 0 Å². The minimum atomic E-state index is -4.00. The number of hydrogen-bond acceptors (Lipinski definition) is 2. The second-order valence-corrected chi connectivity index (χ2v) is 3.21. The van der Waals surface area contributed by atoms with Crippen LogP contribution in [0.2, 0.25) is 0 Å². The Morgan fingerprint density at radius 3 is 1.67 bits per heavy atom. The summed E-state index contributed by atoms with van der Waals surface area (Å²) in [5.41, 5.74) is 0. The molecule has 0 atom stereocenters. The molecule has 1 aromatic rings. The van der Waals surface area contributed by atoms with Crippen LogP contribution in [0.5, 0.6) is 0 Å². The topological polar surface area (TPSA) is 54.4 Å². The molecule has 12 heavy (non-hydrogen) atoms. The van der Waals surface area contributed by atoms with E-state index in [2.05, 4.69) is 0 Å². The van der Waals surface area contributed by atoms with Gasteiger partial charge >= 0.3 is 0 Å². The van der Waals surface area contributed by atoms with Gasteiger partial charge in [0, 0.05) is 0 Å². The van der Waals surface area contributed by atoms with E-state index in [0.717, 1.165) is 0 Å². The van der Waals surface area contributed by atoms with Gasteiger partial charge in [0.25, 0.3) is 10.1 Å². The third-order valence-electron chi connectivity index (χ3n) is 1.04. The first kappa shape index (κ1) is 14.2. The quantitative estimate of drug-likeness (QED) is 0.749. The van der Waals surface area contributed by atoms with Crippen LogP contribution in [0.4, 0.5) is 0 Å². The molecule has 0 bridgehead atoms. The van der Waals surface area contributed by atoms with E-state index in [0.29, 0.717) is 0 Å². The smallest absolute Gasteiger partial charge is 0.282 e. The normalized spacial score (nSPS) is 9.42. The predicted octanol–water partition coefficient (Wildman–Crippen LogP) is 1.78. The zero-order valence-electron chi connectivity index (χ0n) is 5.88. The van der Waals surface area contributed by atoms with Gasteiger partial charge in [-0.3, -0.25) is 4.55 Å². The molecule has 6 heteroatoms. The Balaban J connectivity index is 0. The summed E-state index contributed by atoms with van der Waals surface area (Å²) >= 11 is 0. The molecule has 0 saturated carbocycles. The second-order valence-electron chi connectivity index (χ2n) is 1.79. The van der Waals surface area contributed by atoms with E-state index in [1.165, 1.54) is 12.1 Å². The monoisotopic (exact) mass is 230 g/mol. The van der Waals surface area contributed by atoms with Crippen molar-refractivity contribution in [2.45, 2.75) is 4.90 Å². The molecule has 0 unspecified atom stereocenters. The van der Waals surface area contributed by atoms with Crippen molar-refractivity contribution in [1.82, 2.24) is 0 Å². The molecule has 0 radical (unpaired) electrons. The van der Waals surface area contributed by atoms with Crippen molar-refractivity contribution in [3.8, 4) is 0 Å². The Labute approximate surface area is 83.4 Å². The van der Waals surface area contributed by atoms with Crippen molar-refractivity contribution < 1.29 is 13.0 Å². The van der Waals surface area contributed by atoms with Crippen LogP contribution >= 0.6 is 24.8 Å². The van der Waals surface area contributed by atoms with Crippen molar-refractivity contribution in [2.75, 3.05) is 0 Å². The molecule has 1 N–H and O–H groups in total. The largest absolute Gasteiger partial charge is 0.294 e. The van der Waals surface area contributed by atoms with Gasteiger partial charge in [-0.2, -0.15) is 8.42 Å². The van der Waals surface area contributed by atoms with Crippen LogP contribution in [-0.4, -0.2) is 13.0 Å². The molecule has 1 rings (SSSR count). The Hall–Kier alpha value is -0.290. The van der Waals surface area contributed by atoms with Gasteiger partial charge in [-0.25, -0.2) is 0 Å². The second kappa shape index (κ2) is 5.37. The summed E-state index contributed by atoms with van der Waals surface area (Å²) in [5.74, 6) is 0. The number of halogens is 2. The molecule has 0 aromatic heterocycles. The first-order valence-corrected chi connectivity index (χ1v) is 4.07. The van der Waals surface area contributed by atoms with Gasteiger partial charge in [0.15, 0.2) is 0 Å². The van der Waals surface area contributed by atoms with Crippen molar-refractivity contribution in [2.24, 2.45) is 0 Å². The lowest BCUT2D eigenvalue weighted by atomic mass is 10.4. The van der Waals surface area contributed by atoms with Crippen LogP contribution in [0, 0.1) is 0 Å². The van der Waals surface area contributed by atoms with Crippen LogP contribution in [0.1, 0.15) is 0 Å². The van der Waals surface area contributed by atoms with Crippen LogP contribution in [-0.2, 0) is 10.1 Å². The fraction of sp³-hybridized carbons (Fsp3) is 0. The zero-order chi connectivity index (χ0) is 7.61. The van der Waals surface area contributed by atoms with Crippen LogP contribution in [0.25, 0.3) is 0 Å². The molecule has 0 spiro atoms. The Morgan fingerprint density at radius 2 is 1.42 bits per heavy atom. The van der Waals surface area contributed by atoms with E-state index >= 15 is 0 Å². The molecule has 70 valence electrons. The lowest BCUT2D eigenvalue weighted by Gasteiger charge is -1.92. The summed E-state index contributed by atoms with van der Waals surface area (Å²) in [6, 6.07) is 7.42. The van der Waals surface area contributed by atoms with Gasteiger partial charge in [0.05, 0.1) is 4.90 Å². The fourth-order valence-electron chi connectivity index (χ4n) is 0.592. The highest BCUT2D eigenvalue weighted by Crippen LogP contribution is 2.05. The average molecular weight is 231 g/mol. The SMILES string of the molecule is Cl.Cl.O=S(=O)(O)c1ccccc1. The van der Waals surface area contributed by atoms with E-state index in [-0.39, 0.29) is 29.7 Å². The molecule has 3 nitrogen and oxygen atoms in total. The molecular weight excluding hydrogens is 223 g/mol. The third-order valence-corrected chi connectivity index (χ3v) is 1.91.